The predicted octanol–water partition coefficient (Wildman–Crippen LogP) is 3.64. The molecule has 0 radical (unpaired) electrons. The lowest BCUT2D eigenvalue weighted by Crippen LogP contribution is -2.39. The van der Waals surface area contributed by atoms with Crippen LogP contribution in [0.15, 0.2) is 72.6 Å². The number of carbonyl (C=O) groups is 1. The Morgan fingerprint density at radius 1 is 1.07 bits per heavy atom. The van der Waals surface area contributed by atoms with Gasteiger partial charge in [-0.2, -0.15) is 0 Å². The van der Waals surface area contributed by atoms with Crippen LogP contribution >= 0.6 is 11.3 Å². The Kier molecular flexibility index (Phi) is 5.59. The molecule has 4 rings (SSSR count). The first-order chi connectivity index (χ1) is 14.1. The molecule has 29 heavy (non-hydrogen) atoms. The molecule has 148 valence electrons. The zero-order chi connectivity index (χ0) is 20.2. The molecular weight excluding hydrogens is 382 g/mol. The molecule has 0 spiro atoms. The van der Waals surface area contributed by atoms with Crippen molar-refractivity contribution >= 4 is 22.4 Å². The van der Waals surface area contributed by atoms with E-state index in [9.17, 15) is 4.79 Å². The molecular formula is C22H23N5OS. The SMILES string of the molecule is Cc1nc(N2C=C(Cc3ccccc3)NN2C)sc1C(=O)NCc1ccccc1. The Hall–Kier alpha value is -3.16. The molecule has 1 aliphatic heterocycles. The molecule has 2 heterocycles. The van der Waals surface area contributed by atoms with Crippen molar-refractivity contribution in [2.45, 2.75) is 19.9 Å². The van der Waals surface area contributed by atoms with Crippen LogP contribution in [0, 0.1) is 6.92 Å². The highest BCUT2D eigenvalue weighted by Gasteiger charge is 2.24. The van der Waals surface area contributed by atoms with Gasteiger partial charge in [-0.15, -0.1) is 5.12 Å². The van der Waals surface area contributed by atoms with Gasteiger partial charge in [0.2, 0.25) is 5.13 Å². The Morgan fingerprint density at radius 2 is 1.72 bits per heavy atom. The van der Waals surface area contributed by atoms with Gasteiger partial charge in [0.25, 0.3) is 5.91 Å². The highest BCUT2D eigenvalue weighted by molar-refractivity contribution is 7.17. The molecule has 0 saturated carbocycles. The second-order valence-electron chi connectivity index (χ2n) is 6.88. The van der Waals surface area contributed by atoms with Crippen molar-refractivity contribution in [3.8, 4) is 0 Å². The fourth-order valence-corrected chi connectivity index (χ4v) is 4.15. The Morgan fingerprint density at radius 3 is 2.41 bits per heavy atom. The van der Waals surface area contributed by atoms with E-state index in [4.69, 9.17) is 0 Å². The van der Waals surface area contributed by atoms with E-state index in [0.29, 0.717) is 11.4 Å². The number of aryl methyl sites for hydroxylation is 1. The normalized spacial score (nSPS) is 13.9. The molecule has 2 N–H and O–H groups in total. The highest BCUT2D eigenvalue weighted by Crippen LogP contribution is 2.29. The van der Waals surface area contributed by atoms with Crippen molar-refractivity contribution in [2.24, 2.45) is 0 Å². The number of hydrazine groups is 2. The molecule has 2 aromatic carbocycles. The lowest BCUT2D eigenvalue weighted by Gasteiger charge is -2.21. The van der Waals surface area contributed by atoms with E-state index < -0.39 is 0 Å². The number of aromatic nitrogens is 1. The van der Waals surface area contributed by atoms with E-state index in [1.165, 1.54) is 16.9 Å². The molecule has 0 fully saturated rings. The molecule has 0 bridgehead atoms. The topological polar surface area (TPSA) is 60.5 Å². The fourth-order valence-electron chi connectivity index (χ4n) is 3.16. The van der Waals surface area contributed by atoms with Crippen LogP contribution in [0.3, 0.4) is 0 Å². The Labute approximate surface area is 174 Å². The van der Waals surface area contributed by atoms with E-state index in [-0.39, 0.29) is 5.91 Å². The average Bonchev–Trinajstić information content (AvgIpc) is 3.30. The summed E-state index contributed by atoms with van der Waals surface area (Å²) in [4.78, 5) is 17.9. The average molecular weight is 406 g/mol. The quantitative estimate of drug-likeness (QED) is 0.656. The van der Waals surface area contributed by atoms with Crippen LogP contribution < -0.4 is 15.8 Å². The first-order valence-corrected chi connectivity index (χ1v) is 10.3. The van der Waals surface area contributed by atoms with Crippen LogP contribution in [0.5, 0.6) is 0 Å². The largest absolute Gasteiger partial charge is 0.347 e. The highest BCUT2D eigenvalue weighted by atomic mass is 32.1. The molecule has 3 aromatic rings. The summed E-state index contributed by atoms with van der Waals surface area (Å²) in [5.74, 6) is -0.0987. The lowest BCUT2D eigenvalue weighted by molar-refractivity contribution is 0.0954. The van der Waals surface area contributed by atoms with Gasteiger partial charge in [0.15, 0.2) is 0 Å². The second kappa shape index (κ2) is 8.46. The van der Waals surface area contributed by atoms with Crippen LogP contribution in [0.2, 0.25) is 0 Å². The predicted molar refractivity (Wildman–Crippen MR) is 116 cm³/mol. The third kappa shape index (κ3) is 4.47. The van der Waals surface area contributed by atoms with E-state index in [2.05, 4.69) is 27.9 Å². The molecule has 0 unspecified atom stereocenters. The first-order valence-electron chi connectivity index (χ1n) is 9.44. The minimum atomic E-state index is -0.0987. The standard InChI is InChI=1S/C22H23N5OS/c1-16-20(21(28)23-14-18-11-7-4-8-12-18)29-22(24-16)27-15-19(25-26(27)2)13-17-9-5-3-6-10-17/h3-12,15,25H,13-14H2,1-2H3,(H,23,28). The maximum absolute atomic E-state index is 12.7. The number of allylic oxidation sites excluding steroid dienone is 1. The summed E-state index contributed by atoms with van der Waals surface area (Å²) >= 11 is 1.39. The van der Waals surface area contributed by atoms with Gasteiger partial charge in [-0.25, -0.2) is 9.99 Å². The van der Waals surface area contributed by atoms with E-state index >= 15 is 0 Å². The van der Waals surface area contributed by atoms with Gasteiger partial charge in [0.05, 0.1) is 11.4 Å². The molecule has 0 saturated heterocycles. The van der Waals surface area contributed by atoms with Crippen molar-refractivity contribution < 1.29 is 4.79 Å². The van der Waals surface area contributed by atoms with Crippen LogP contribution in [0.4, 0.5) is 5.13 Å². The fraction of sp³-hybridized carbons (Fsp3) is 0.182. The van der Waals surface area contributed by atoms with Crippen molar-refractivity contribution in [1.82, 2.24) is 20.8 Å². The number of carbonyl (C=O) groups excluding carboxylic acids is 1. The number of nitrogens with one attached hydrogen (secondary N) is 2. The summed E-state index contributed by atoms with van der Waals surface area (Å²) in [6.07, 6.45) is 2.83. The van der Waals surface area contributed by atoms with Gasteiger partial charge >= 0.3 is 0 Å². The van der Waals surface area contributed by atoms with Gasteiger partial charge in [0.1, 0.15) is 4.88 Å². The van der Waals surface area contributed by atoms with Gasteiger partial charge < -0.3 is 10.7 Å². The summed E-state index contributed by atoms with van der Waals surface area (Å²) < 4.78 is 0. The summed E-state index contributed by atoms with van der Waals surface area (Å²) in [5, 5.41) is 7.55. The third-order valence-corrected chi connectivity index (χ3v) is 5.77. The zero-order valence-corrected chi connectivity index (χ0v) is 17.2. The van der Waals surface area contributed by atoms with Gasteiger partial charge in [-0.05, 0) is 18.1 Å². The van der Waals surface area contributed by atoms with Crippen LogP contribution in [0.1, 0.15) is 26.5 Å². The second-order valence-corrected chi connectivity index (χ2v) is 7.85. The molecule has 1 aromatic heterocycles. The zero-order valence-electron chi connectivity index (χ0n) is 16.4. The minimum Gasteiger partial charge on any atom is -0.347 e. The number of amides is 1. The molecule has 0 aliphatic carbocycles. The maximum Gasteiger partial charge on any atom is 0.263 e. The molecule has 1 amide bonds. The van der Waals surface area contributed by atoms with Gasteiger partial charge in [0, 0.05) is 26.2 Å². The first kappa shape index (κ1) is 19.2. The third-order valence-electron chi connectivity index (χ3n) is 4.63. The summed E-state index contributed by atoms with van der Waals surface area (Å²) in [7, 11) is 1.93. The molecule has 1 aliphatic rings. The van der Waals surface area contributed by atoms with Crippen LogP contribution in [0.25, 0.3) is 0 Å². The number of hydrogen-bond donors (Lipinski definition) is 2. The van der Waals surface area contributed by atoms with Crippen molar-refractivity contribution in [1.29, 1.82) is 0 Å². The molecule has 0 atom stereocenters. The number of rotatable bonds is 6. The van der Waals surface area contributed by atoms with Crippen molar-refractivity contribution in [2.75, 3.05) is 12.1 Å². The maximum atomic E-state index is 12.7. The number of thiazole rings is 1. The molecule has 7 heteroatoms. The van der Waals surface area contributed by atoms with Crippen LogP contribution in [-0.2, 0) is 13.0 Å². The summed E-state index contributed by atoms with van der Waals surface area (Å²) in [5.41, 5.74) is 7.45. The van der Waals surface area contributed by atoms with Gasteiger partial charge in [-0.3, -0.25) is 4.79 Å². The monoisotopic (exact) mass is 405 g/mol. The Balaban J connectivity index is 1.46. The van der Waals surface area contributed by atoms with Crippen molar-refractivity contribution in [3.05, 3.63) is 94.3 Å². The number of anilines is 1. The van der Waals surface area contributed by atoms with E-state index in [1.54, 1.807) is 0 Å². The minimum absolute atomic E-state index is 0.0987. The summed E-state index contributed by atoms with van der Waals surface area (Å²) in [6.45, 7) is 2.37. The Bertz CT molecular complexity index is 1020. The van der Waals surface area contributed by atoms with E-state index in [1.807, 2.05) is 78.8 Å². The number of benzene rings is 2. The smallest absolute Gasteiger partial charge is 0.263 e. The number of hydrogen-bond acceptors (Lipinski definition) is 6. The van der Waals surface area contributed by atoms with E-state index in [0.717, 1.165) is 28.5 Å². The van der Waals surface area contributed by atoms with Gasteiger partial charge in [-0.1, -0.05) is 72.0 Å². The molecule has 6 nitrogen and oxygen atoms in total. The van der Waals surface area contributed by atoms with Crippen LogP contribution in [-0.4, -0.2) is 23.1 Å². The number of nitrogens with zero attached hydrogens (tertiary/aromatic N) is 3. The lowest BCUT2D eigenvalue weighted by atomic mass is 10.1. The van der Waals surface area contributed by atoms with Crippen molar-refractivity contribution in [3.63, 3.8) is 0 Å². The summed E-state index contributed by atoms with van der Waals surface area (Å²) in [6, 6.07) is 20.2.